The summed E-state index contributed by atoms with van der Waals surface area (Å²) >= 11 is 1.86. The van der Waals surface area contributed by atoms with Crippen LogP contribution in [0.4, 0.5) is 0 Å². The molecule has 3 heteroatoms. The van der Waals surface area contributed by atoms with Crippen LogP contribution < -0.4 is 5.32 Å². The maximum atomic E-state index is 3.55. The minimum atomic E-state index is 0.426. The Labute approximate surface area is 109 Å². The Morgan fingerprint density at radius 2 is 2.29 bits per heavy atom. The molecule has 1 saturated heterocycles. The van der Waals surface area contributed by atoms with Crippen LogP contribution in [0.1, 0.15) is 31.6 Å². The third-order valence-corrected chi connectivity index (χ3v) is 4.70. The first-order chi connectivity index (χ1) is 8.18. The molecule has 2 nitrogen and oxygen atoms in total. The predicted molar refractivity (Wildman–Crippen MR) is 75.8 cm³/mol. The van der Waals surface area contributed by atoms with Gasteiger partial charge in [0.25, 0.3) is 0 Å². The van der Waals surface area contributed by atoms with Crippen molar-refractivity contribution in [3.05, 3.63) is 22.4 Å². The molecule has 2 heterocycles. The van der Waals surface area contributed by atoms with Crippen LogP contribution in [0.2, 0.25) is 0 Å². The average molecular weight is 252 g/mol. The van der Waals surface area contributed by atoms with Gasteiger partial charge in [0, 0.05) is 30.1 Å². The van der Waals surface area contributed by atoms with Gasteiger partial charge in [-0.3, -0.25) is 4.90 Å². The highest BCUT2D eigenvalue weighted by Gasteiger charge is 2.30. The Bertz CT molecular complexity index is 319. The van der Waals surface area contributed by atoms with Gasteiger partial charge in [-0.05, 0) is 51.1 Å². The van der Waals surface area contributed by atoms with Crippen LogP contribution in [-0.4, -0.2) is 36.6 Å². The molecule has 1 fully saturated rings. The van der Waals surface area contributed by atoms with Crippen molar-refractivity contribution in [1.82, 2.24) is 10.2 Å². The summed E-state index contributed by atoms with van der Waals surface area (Å²) in [6.07, 6.45) is 3.88. The number of nitrogens with one attached hydrogen (secondary N) is 1. The highest BCUT2D eigenvalue weighted by molar-refractivity contribution is 7.09. The van der Waals surface area contributed by atoms with Gasteiger partial charge >= 0.3 is 0 Å². The molecule has 1 aliphatic heterocycles. The van der Waals surface area contributed by atoms with Gasteiger partial charge in [0.15, 0.2) is 0 Å². The maximum Gasteiger partial charge on any atom is 0.0154 e. The molecule has 0 saturated carbocycles. The first-order valence-corrected chi connectivity index (χ1v) is 7.55. The topological polar surface area (TPSA) is 15.3 Å². The zero-order chi connectivity index (χ0) is 12.1. The number of hydrogen-bond donors (Lipinski definition) is 1. The van der Waals surface area contributed by atoms with Crippen molar-refractivity contribution in [3.63, 3.8) is 0 Å². The van der Waals surface area contributed by atoms with E-state index in [0.717, 1.165) is 13.1 Å². The molecule has 0 bridgehead atoms. The molecule has 1 N–H and O–H groups in total. The molecule has 1 aromatic rings. The van der Waals surface area contributed by atoms with E-state index in [-0.39, 0.29) is 0 Å². The normalized spacial score (nSPS) is 19.9. The molecule has 0 radical (unpaired) electrons. The van der Waals surface area contributed by atoms with Crippen molar-refractivity contribution < 1.29 is 0 Å². The number of thiophene rings is 1. The van der Waals surface area contributed by atoms with E-state index < -0.39 is 0 Å². The monoisotopic (exact) mass is 252 g/mol. The summed E-state index contributed by atoms with van der Waals surface area (Å²) < 4.78 is 0. The van der Waals surface area contributed by atoms with Crippen molar-refractivity contribution >= 4 is 11.3 Å². The lowest BCUT2D eigenvalue weighted by Gasteiger charge is -2.31. The van der Waals surface area contributed by atoms with Crippen LogP contribution in [-0.2, 0) is 6.42 Å². The molecule has 0 atom stereocenters. The molecule has 0 unspecified atom stereocenters. The number of likely N-dealkylation sites (tertiary alicyclic amines) is 1. The molecular formula is C14H24N2S. The van der Waals surface area contributed by atoms with Crippen molar-refractivity contribution in [2.45, 2.75) is 38.6 Å². The fourth-order valence-electron chi connectivity index (χ4n) is 2.58. The van der Waals surface area contributed by atoms with Crippen LogP contribution in [0.5, 0.6) is 0 Å². The van der Waals surface area contributed by atoms with Crippen molar-refractivity contribution in [2.24, 2.45) is 0 Å². The summed E-state index contributed by atoms with van der Waals surface area (Å²) in [6.45, 7) is 9.43. The summed E-state index contributed by atoms with van der Waals surface area (Å²) in [7, 11) is 0. The van der Waals surface area contributed by atoms with Crippen molar-refractivity contribution in [1.29, 1.82) is 0 Å². The summed E-state index contributed by atoms with van der Waals surface area (Å²) in [5.74, 6) is 0. The molecular weight excluding hydrogens is 228 g/mol. The van der Waals surface area contributed by atoms with E-state index >= 15 is 0 Å². The van der Waals surface area contributed by atoms with E-state index in [4.69, 9.17) is 0 Å². The molecule has 0 aliphatic carbocycles. The molecule has 1 aromatic heterocycles. The van der Waals surface area contributed by atoms with E-state index in [1.54, 1.807) is 0 Å². The number of nitrogens with zero attached hydrogens (tertiary/aromatic N) is 1. The smallest absolute Gasteiger partial charge is 0.0154 e. The van der Waals surface area contributed by atoms with E-state index in [9.17, 15) is 0 Å². The standard InChI is InChI=1S/C14H24N2S/c1-14(2)7-4-10-16(14)11-9-15-8-6-13-5-3-12-17-13/h3,5,12,15H,4,6-11H2,1-2H3. The summed E-state index contributed by atoms with van der Waals surface area (Å²) in [4.78, 5) is 4.10. The zero-order valence-electron chi connectivity index (χ0n) is 11.0. The third-order valence-electron chi connectivity index (χ3n) is 3.76. The van der Waals surface area contributed by atoms with E-state index in [1.807, 2.05) is 11.3 Å². The Morgan fingerprint density at radius 3 is 2.94 bits per heavy atom. The Kier molecular flexibility index (Phi) is 4.60. The SMILES string of the molecule is CC1(C)CCCN1CCNCCc1cccs1. The van der Waals surface area contributed by atoms with Gasteiger partial charge in [-0.1, -0.05) is 6.07 Å². The minimum absolute atomic E-state index is 0.426. The van der Waals surface area contributed by atoms with E-state index in [2.05, 4.69) is 41.6 Å². The van der Waals surface area contributed by atoms with Crippen LogP contribution in [0.15, 0.2) is 17.5 Å². The second-order valence-electron chi connectivity index (χ2n) is 5.48. The van der Waals surface area contributed by atoms with Gasteiger partial charge in [0.1, 0.15) is 0 Å². The number of hydrogen-bond acceptors (Lipinski definition) is 3. The lowest BCUT2D eigenvalue weighted by atomic mass is 10.0. The predicted octanol–water partition coefficient (Wildman–Crippen LogP) is 2.75. The highest BCUT2D eigenvalue weighted by atomic mass is 32.1. The van der Waals surface area contributed by atoms with Crippen LogP contribution in [0, 0.1) is 0 Å². The first kappa shape index (κ1) is 13.1. The van der Waals surface area contributed by atoms with Crippen LogP contribution >= 0.6 is 11.3 Å². The molecule has 0 amide bonds. The first-order valence-electron chi connectivity index (χ1n) is 6.67. The van der Waals surface area contributed by atoms with Crippen molar-refractivity contribution in [2.75, 3.05) is 26.2 Å². The lowest BCUT2D eigenvalue weighted by Crippen LogP contribution is -2.42. The fourth-order valence-corrected chi connectivity index (χ4v) is 3.29. The highest BCUT2D eigenvalue weighted by Crippen LogP contribution is 2.27. The van der Waals surface area contributed by atoms with Gasteiger partial charge < -0.3 is 5.32 Å². The lowest BCUT2D eigenvalue weighted by molar-refractivity contribution is 0.176. The van der Waals surface area contributed by atoms with Gasteiger partial charge in [-0.15, -0.1) is 11.3 Å². The average Bonchev–Trinajstić information content (AvgIpc) is 2.88. The van der Waals surface area contributed by atoms with Gasteiger partial charge in [0.2, 0.25) is 0 Å². The second-order valence-corrected chi connectivity index (χ2v) is 6.51. The Morgan fingerprint density at radius 1 is 1.41 bits per heavy atom. The summed E-state index contributed by atoms with van der Waals surface area (Å²) in [5, 5.41) is 5.71. The molecule has 1 aliphatic rings. The molecule has 0 aromatic carbocycles. The van der Waals surface area contributed by atoms with E-state index in [1.165, 1.54) is 37.2 Å². The van der Waals surface area contributed by atoms with Gasteiger partial charge in [0.05, 0.1) is 0 Å². The van der Waals surface area contributed by atoms with E-state index in [0.29, 0.717) is 5.54 Å². The molecule has 17 heavy (non-hydrogen) atoms. The minimum Gasteiger partial charge on any atom is -0.315 e. The van der Waals surface area contributed by atoms with Crippen LogP contribution in [0.25, 0.3) is 0 Å². The second kappa shape index (κ2) is 5.98. The fraction of sp³-hybridized carbons (Fsp3) is 0.714. The third kappa shape index (κ3) is 3.80. The summed E-state index contributed by atoms with van der Waals surface area (Å²) in [6, 6.07) is 4.35. The molecule has 0 spiro atoms. The van der Waals surface area contributed by atoms with Crippen LogP contribution in [0.3, 0.4) is 0 Å². The van der Waals surface area contributed by atoms with Crippen molar-refractivity contribution in [3.8, 4) is 0 Å². The molecule has 96 valence electrons. The maximum absolute atomic E-state index is 3.55. The summed E-state index contributed by atoms with van der Waals surface area (Å²) in [5.41, 5.74) is 0.426. The Balaban J connectivity index is 1.57. The zero-order valence-corrected chi connectivity index (χ0v) is 11.9. The van der Waals surface area contributed by atoms with Gasteiger partial charge in [-0.2, -0.15) is 0 Å². The number of rotatable bonds is 6. The Hall–Kier alpha value is -0.380. The molecule has 2 rings (SSSR count). The van der Waals surface area contributed by atoms with Gasteiger partial charge in [-0.25, -0.2) is 0 Å². The largest absolute Gasteiger partial charge is 0.315 e. The quantitative estimate of drug-likeness (QED) is 0.783.